The Balaban J connectivity index is 1.38. The number of benzene rings is 1. The van der Waals surface area contributed by atoms with Crippen LogP contribution in [0.25, 0.3) is 0 Å². The van der Waals surface area contributed by atoms with E-state index in [0.717, 1.165) is 49.3 Å². The maximum Gasteiger partial charge on any atom is 0.165 e. The first-order valence-electron chi connectivity index (χ1n) is 12.7. The van der Waals surface area contributed by atoms with Gasteiger partial charge in [-0.15, -0.1) is 0 Å². The van der Waals surface area contributed by atoms with Crippen molar-refractivity contribution in [3.8, 4) is 11.5 Å². The minimum atomic E-state index is -0.412. The molecule has 2 aliphatic heterocycles. The fourth-order valence-electron chi connectivity index (χ4n) is 9.34. The Hall–Kier alpha value is -2.02. The Morgan fingerprint density at radius 3 is 2.79 bits per heavy atom. The lowest BCUT2D eigenvalue weighted by atomic mass is 9.32. The first kappa shape index (κ1) is 21.3. The SMILES string of the molecule is COc1ccc2c3c1O[C@H]1[C@@]4(OC)CC[C@@]5(C[C@]4(C)COCc4ccoc4)[C@@H](C2)N(C)CC[C@]315. The van der Waals surface area contributed by atoms with Crippen LogP contribution in [0.2, 0.25) is 0 Å². The van der Waals surface area contributed by atoms with Crippen molar-refractivity contribution < 1.29 is 23.4 Å². The van der Waals surface area contributed by atoms with Crippen LogP contribution in [0.1, 0.15) is 49.3 Å². The van der Waals surface area contributed by atoms with Crippen molar-refractivity contribution in [2.75, 3.05) is 34.4 Å². The van der Waals surface area contributed by atoms with Crippen LogP contribution < -0.4 is 9.47 Å². The summed E-state index contributed by atoms with van der Waals surface area (Å²) < 4.78 is 31.2. The molecule has 2 spiro atoms. The molecule has 4 fully saturated rings. The Bertz CT molecular complexity index is 1130. The molecular formula is C28H35NO5. The molecular weight excluding hydrogens is 430 g/mol. The van der Waals surface area contributed by atoms with Crippen LogP contribution in [0.5, 0.6) is 11.5 Å². The Kier molecular flexibility index (Phi) is 4.26. The molecule has 0 amide bonds. The van der Waals surface area contributed by atoms with E-state index in [1.165, 1.54) is 17.5 Å². The molecule has 1 saturated heterocycles. The second kappa shape index (κ2) is 6.80. The fraction of sp³-hybridized carbons (Fsp3) is 0.643. The normalized spacial score (nSPS) is 41.3. The lowest BCUT2D eigenvalue weighted by molar-refractivity contribution is -0.313. The molecule has 3 heterocycles. The van der Waals surface area contributed by atoms with Gasteiger partial charge in [-0.3, -0.25) is 0 Å². The number of rotatable bonds is 6. The molecule has 4 bridgehead atoms. The highest BCUT2D eigenvalue weighted by Gasteiger charge is 2.82. The van der Waals surface area contributed by atoms with E-state index in [9.17, 15) is 0 Å². The van der Waals surface area contributed by atoms with Crippen LogP contribution >= 0.6 is 0 Å². The summed E-state index contributed by atoms with van der Waals surface area (Å²) in [6, 6.07) is 6.87. The maximum absolute atomic E-state index is 7.07. The van der Waals surface area contributed by atoms with Crippen molar-refractivity contribution in [3.63, 3.8) is 0 Å². The highest BCUT2D eigenvalue weighted by molar-refractivity contribution is 5.63. The van der Waals surface area contributed by atoms with E-state index in [-0.39, 0.29) is 22.3 Å². The van der Waals surface area contributed by atoms with Gasteiger partial charge in [0.15, 0.2) is 11.5 Å². The molecule has 8 rings (SSSR count). The summed E-state index contributed by atoms with van der Waals surface area (Å²) in [5.74, 6) is 1.84. The van der Waals surface area contributed by atoms with Crippen LogP contribution in [-0.4, -0.2) is 57.1 Å². The number of hydrogen-bond donors (Lipinski definition) is 0. The van der Waals surface area contributed by atoms with E-state index < -0.39 is 5.60 Å². The number of likely N-dealkylation sites (tertiary alicyclic amines) is 1. The van der Waals surface area contributed by atoms with Crippen molar-refractivity contribution in [3.05, 3.63) is 47.4 Å². The summed E-state index contributed by atoms with van der Waals surface area (Å²) in [5, 5.41) is 0. The predicted octanol–water partition coefficient (Wildman–Crippen LogP) is 4.34. The summed E-state index contributed by atoms with van der Waals surface area (Å²) in [4.78, 5) is 2.63. The molecule has 0 radical (unpaired) electrons. The molecule has 1 aromatic carbocycles. The maximum atomic E-state index is 7.07. The smallest absolute Gasteiger partial charge is 0.165 e. The van der Waals surface area contributed by atoms with Crippen LogP contribution in [0.15, 0.2) is 35.1 Å². The third-order valence-corrected chi connectivity index (χ3v) is 10.6. The number of fused-ring (bicyclic) bond motifs is 2. The number of hydrogen-bond acceptors (Lipinski definition) is 6. The topological polar surface area (TPSA) is 53.3 Å². The second-order valence-electron chi connectivity index (χ2n) is 11.7. The van der Waals surface area contributed by atoms with Gasteiger partial charge in [0.2, 0.25) is 0 Å². The van der Waals surface area contributed by atoms with E-state index in [1.54, 1.807) is 19.6 Å². The van der Waals surface area contributed by atoms with Crippen LogP contribution in [-0.2, 0) is 27.9 Å². The molecule has 1 aromatic heterocycles. The summed E-state index contributed by atoms with van der Waals surface area (Å²) in [6.07, 6.45) is 8.87. The number of ether oxygens (including phenoxy) is 4. The first-order valence-corrected chi connectivity index (χ1v) is 12.7. The summed E-state index contributed by atoms with van der Waals surface area (Å²) in [6.45, 7) is 4.67. The van der Waals surface area contributed by atoms with Crippen molar-refractivity contribution >= 4 is 0 Å². The van der Waals surface area contributed by atoms with E-state index in [4.69, 9.17) is 23.4 Å². The monoisotopic (exact) mass is 465 g/mol. The molecule has 182 valence electrons. The number of likely N-dealkylation sites (N-methyl/N-ethyl adjacent to an activating group) is 1. The lowest BCUT2D eigenvalue weighted by Crippen LogP contribution is -2.83. The summed E-state index contributed by atoms with van der Waals surface area (Å²) in [7, 11) is 5.97. The first-order chi connectivity index (χ1) is 16.4. The number of furan rings is 1. The molecule has 0 unspecified atom stereocenters. The zero-order chi connectivity index (χ0) is 23.3. The van der Waals surface area contributed by atoms with E-state index in [0.29, 0.717) is 19.3 Å². The summed E-state index contributed by atoms with van der Waals surface area (Å²) in [5.41, 5.74) is 3.48. The van der Waals surface area contributed by atoms with Gasteiger partial charge in [0.1, 0.15) is 11.7 Å². The van der Waals surface area contributed by atoms with Gasteiger partial charge in [-0.05, 0) is 63.4 Å². The molecule has 2 aromatic rings. The molecule has 4 aliphatic carbocycles. The molecule has 0 N–H and O–H groups in total. The predicted molar refractivity (Wildman–Crippen MR) is 126 cm³/mol. The Morgan fingerprint density at radius 2 is 2.03 bits per heavy atom. The molecule has 34 heavy (non-hydrogen) atoms. The molecule has 6 aliphatic rings. The average Bonchev–Trinajstić information content (AvgIpc) is 3.47. The fourth-order valence-corrected chi connectivity index (χ4v) is 9.34. The van der Waals surface area contributed by atoms with Gasteiger partial charge in [0.25, 0.3) is 0 Å². The zero-order valence-corrected chi connectivity index (χ0v) is 20.7. The van der Waals surface area contributed by atoms with Gasteiger partial charge in [0, 0.05) is 40.5 Å². The minimum absolute atomic E-state index is 0.0278. The highest BCUT2D eigenvalue weighted by atomic mass is 16.6. The molecule has 3 saturated carbocycles. The Morgan fingerprint density at radius 1 is 1.15 bits per heavy atom. The van der Waals surface area contributed by atoms with Gasteiger partial charge >= 0.3 is 0 Å². The standard InChI is InChI=1S/C28H35NO5/c1-25(17-33-15-18-7-12-32-14-18)16-26-8-9-28(25,31-4)24-27(26)10-11-29(2)21(26)13-19-5-6-20(30-3)23(34-24)22(19)27/h5-7,12,14,21,24H,8-11,13,15-17H2,1-4H3/t21-,24-,25-,26-,27+,28+/m1/s1. The quantitative estimate of drug-likeness (QED) is 0.633. The third-order valence-electron chi connectivity index (χ3n) is 10.6. The van der Waals surface area contributed by atoms with Gasteiger partial charge in [0.05, 0.1) is 32.8 Å². The number of piperidine rings is 1. The van der Waals surface area contributed by atoms with Gasteiger partial charge < -0.3 is 28.3 Å². The van der Waals surface area contributed by atoms with Crippen LogP contribution in [0.3, 0.4) is 0 Å². The second-order valence-corrected chi connectivity index (χ2v) is 11.7. The van der Waals surface area contributed by atoms with Crippen molar-refractivity contribution in [1.29, 1.82) is 0 Å². The van der Waals surface area contributed by atoms with Gasteiger partial charge in [-0.2, -0.15) is 0 Å². The largest absolute Gasteiger partial charge is 0.493 e. The van der Waals surface area contributed by atoms with Crippen molar-refractivity contribution in [2.24, 2.45) is 10.8 Å². The lowest BCUT2D eigenvalue weighted by Gasteiger charge is -2.76. The van der Waals surface area contributed by atoms with E-state index in [2.05, 4.69) is 31.0 Å². The van der Waals surface area contributed by atoms with Crippen LogP contribution in [0.4, 0.5) is 0 Å². The Labute approximate surface area is 201 Å². The van der Waals surface area contributed by atoms with E-state index >= 15 is 0 Å². The van der Waals surface area contributed by atoms with Gasteiger partial charge in [-0.25, -0.2) is 0 Å². The van der Waals surface area contributed by atoms with Crippen LogP contribution in [0, 0.1) is 10.8 Å². The van der Waals surface area contributed by atoms with Crippen molar-refractivity contribution in [2.45, 2.75) is 68.8 Å². The highest BCUT2D eigenvalue weighted by Crippen LogP contribution is 2.78. The molecule has 6 heteroatoms. The van der Waals surface area contributed by atoms with Gasteiger partial charge in [-0.1, -0.05) is 13.0 Å². The third kappa shape index (κ3) is 2.20. The molecule has 6 atom stereocenters. The summed E-state index contributed by atoms with van der Waals surface area (Å²) >= 11 is 0. The zero-order valence-electron chi connectivity index (χ0n) is 20.7. The average molecular weight is 466 g/mol. The number of nitrogens with zero attached hydrogens (tertiary/aromatic N) is 1. The van der Waals surface area contributed by atoms with Crippen molar-refractivity contribution in [1.82, 2.24) is 4.90 Å². The minimum Gasteiger partial charge on any atom is -0.493 e. The number of methoxy groups -OCH3 is 2. The van der Waals surface area contributed by atoms with E-state index in [1.807, 2.05) is 13.2 Å². The molecule has 6 nitrogen and oxygen atoms in total.